The molecule has 0 radical (unpaired) electrons. The predicted octanol–water partition coefficient (Wildman–Crippen LogP) is 3.63. The number of piperazine rings is 1. The number of carbonyl (C=O) groups is 1. The second-order valence-corrected chi connectivity index (χ2v) is 6.99. The Bertz CT molecular complexity index is 491. The molecule has 138 valence electrons. The fraction of sp³-hybridized carbons (Fsp3) is 0.588. The van der Waals surface area contributed by atoms with E-state index in [9.17, 15) is 4.79 Å². The van der Waals surface area contributed by atoms with Crippen LogP contribution < -0.4 is 5.73 Å². The number of nitrogens with two attached hydrogens (primary N) is 1. The van der Waals surface area contributed by atoms with Gasteiger partial charge in [-0.3, -0.25) is 9.69 Å². The Morgan fingerprint density at radius 1 is 1.17 bits per heavy atom. The Balaban J connectivity index is 0.00000264. The molecule has 2 unspecified atom stereocenters. The minimum Gasteiger partial charge on any atom is -0.340 e. The predicted molar refractivity (Wildman–Crippen MR) is 108 cm³/mol. The molecule has 1 aromatic rings. The van der Waals surface area contributed by atoms with Gasteiger partial charge in [0, 0.05) is 49.2 Å². The van der Waals surface area contributed by atoms with Gasteiger partial charge >= 0.3 is 0 Å². The van der Waals surface area contributed by atoms with E-state index in [-0.39, 0.29) is 36.8 Å². The second-order valence-electron chi connectivity index (χ2n) is 6.07. The fourth-order valence-electron chi connectivity index (χ4n) is 3.08. The van der Waals surface area contributed by atoms with E-state index in [1.54, 1.807) is 0 Å². The van der Waals surface area contributed by atoms with Crippen molar-refractivity contribution in [1.82, 2.24) is 9.80 Å². The van der Waals surface area contributed by atoms with Crippen molar-refractivity contribution >= 4 is 46.7 Å². The van der Waals surface area contributed by atoms with E-state index in [0.29, 0.717) is 12.5 Å². The summed E-state index contributed by atoms with van der Waals surface area (Å²) >= 11 is 3.49. The van der Waals surface area contributed by atoms with Gasteiger partial charge in [0.15, 0.2) is 0 Å². The van der Waals surface area contributed by atoms with Crippen LogP contribution in [-0.2, 0) is 4.79 Å². The van der Waals surface area contributed by atoms with Crippen LogP contribution in [-0.4, -0.2) is 47.9 Å². The van der Waals surface area contributed by atoms with Gasteiger partial charge in [-0.25, -0.2) is 0 Å². The summed E-state index contributed by atoms with van der Waals surface area (Å²) in [4.78, 5) is 16.5. The molecule has 1 saturated heterocycles. The summed E-state index contributed by atoms with van der Waals surface area (Å²) in [7, 11) is 0. The summed E-state index contributed by atoms with van der Waals surface area (Å²) in [6.07, 6.45) is 1.53. The third-order valence-corrected chi connectivity index (χ3v) is 4.77. The average Bonchev–Trinajstić information content (AvgIpc) is 2.50. The molecule has 1 aliphatic rings. The Kier molecular flexibility index (Phi) is 11.2. The first-order valence-corrected chi connectivity index (χ1v) is 8.83. The zero-order valence-electron chi connectivity index (χ0n) is 14.3. The second kappa shape index (κ2) is 11.3. The van der Waals surface area contributed by atoms with E-state index >= 15 is 0 Å². The zero-order chi connectivity index (χ0) is 16.1. The lowest BCUT2D eigenvalue weighted by atomic mass is 10.0. The number of rotatable bonds is 5. The molecule has 1 aromatic carbocycles. The topological polar surface area (TPSA) is 49.6 Å². The van der Waals surface area contributed by atoms with Gasteiger partial charge in [-0.15, -0.1) is 24.8 Å². The number of benzene rings is 1. The smallest absolute Gasteiger partial charge is 0.224 e. The zero-order valence-corrected chi connectivity index (χ0v) is 17.5. The standard InChI is InChI=1S/C17H26BrN3O.2ClH/c1-3-16(14-4-6-15(18)7-5-14)20-8-10-21(11-9-20)17(22)12-13(2)19;;/h4-7,13,16H,3,8-12,19H2,1-2H3;2*1H. The molecule has 2 rings (SSSR count). The number of halogens is 3. The van der Waals surface area contributed by atoms with Crippen molar-refractivity contribution in [3.05, 3.63) is 34.3 Å². The summed E-state index contributed by atoms with van der Waals surface area (Å²) < 4.78 is 1.11. The molecule has 7 heteroatoms. The van der Waals surface area contributed by atoms with Crippen molar-refractivity contribution in [2.45, 2.75) is 38.8 Å². The van der Waals surface area contributed by atoms with Gasteiger partial charge in [-0.2, -0.15) is 0 Å². The van der Waals surface area contributed by atoms with Crippen LogP contribution in [0.3, 0.4) is 0 Å². The summed E-state index contributed by atoms with van der Waals surface area (Å²) in [6.45, 7) is 7.57. The minimum absolute atomic E-state index is 0. The molecule has 0 spiro atoms. The van der Waals surface area contributed by atoms with E-state index in [1.165, 1.54) is 5.56 Å². The normalized spacial score (nSPS) is 17.4. The third kappa shape index (κ3) is 6.52. The highest BCUT2D eigenvalue weighted by atomic mass is 79.9. The molecule has 1 amide bonds. The van der Waals surface area contributed by atoms with E-state index in [2.05, 4.69) is 52.0 Å². The molecule has 0 aliphatic carbocycles. The molecule has 0 aromatic heterocycles. The maximum Gasteiger partial charge on any atom is 0.224 e. The van der Waals surface area contributed by atoms with Crippen molar-refractivity contribution in [2.24, 2.45) is 5.73 Å². The van der Waals surface area contributed by atoms with Crippen LogP contribution in [0, 0.1) is 0 Å². The van der Waals surface area contributed by atoms with Crippen LogP contribution in [0.15, 0.2) is 28.7 Å². The number of hydrogen-bond donors (Lipinski definition) is 1. The number of nitrogens with zero attached hydrogens (tertiary/aromatic N) is 2. The molecular weight excluding hydrogens is 413 g/mol. The highest BCUT2D eigenvalue weighted by Crippen LogP contribution is 2.26. The van der Waals surface area contributed by atoms with Crippen molar-refractivity contribution in [1.29, 1.82) is 0 Å². The van der Waals surface area contributed by atoms with Crippen LogP contribution in [0.4, 0.5) is 0 Å². The van der Waals surface area contributed by atoms with Gasteiger partial charge in [0.25, 0.3) is 0 Å². The van der Waals surface area contributed by atoms with Gasteiger partial charge < -0.3 is 10.6 Å². The van der Waals surface area contributed by atoms with E-state index < -0.39 is 0 Å². The van der Waals surface area contributed by atoms with Crippen LogP contribution in [0.2, 0.25) is 0 Å². The molecule has 0 saturated carbocycles. The quantitative estimate of drug-likeness (QED) is 0.760. The largest absolute Gasteiger partial charge is 0.340 e. The summed E-state index contributed by atoms with van der Waals surface area (Å²) in [5.41, 5.74) is 7.07. The first kappa shape index (κ1) is 23.7. The van der Waals surface area contributed by atoms with Crippen molar-refractivity contribution in [3.8, 4) is 0 Å². The fourth-order valence-corrected chi connectivity index (χ4v) is 3.34. The van der Waals surface area contributed by atoms with Gasteiger partial charge in [-0.05, 0) is 31.0 Å². The third-order valence-electron chi connectivity index (χ3n) is 4.25. The Labute approximate surface area is 166 Å². The van der Waals surface area contributed by atoms with E-state index in [4.69, 9.17) is 5.73 Å². The van der Waals surface area contributed by atoms with Crippen LogP contribution in [0.1, 0.15) is 38.3 Å². The first-order valence-electron chi connectivity index (χ1n) is 8.04. The van der Waals surface area contributed by atoms with Crippen molar-refractivity contribution in [2.75, 3.05) is 26.2 Å². The maximum atomic E-state index is 12.1. The van der Waals surface area contributed by atoms with Crippen LogP contribution in [0.5, 0.6) is 0 Å². The minimum atomic E-state index is -0.0586. The number of hydrogen-bond acceptors (Lipinski definition) is 3. The van der Waals surface area contributed by atoms with Crippen molar-refractivity contribution < 1.29 is 4.79 Å². The molecule has 0 bridgehead atoms. The Morgan fingerprint density at radius 3 is 2.17 bits per heavy atom. The Morgan fingerprint density at radius 2 is 1.71 bits per heavy atom. The monoisotopic (exact) mass is 439 g/mol. The SMILES string of the molecule is CCC(c1ccc(Br)cc1)N1CCN(C(=O)CC(C)N)CC1.Cl.Cl. The lowest BCUT2D eigenvalue weighted by molar-refractivity contribution is -0.133. The molecule has 2 N–H and O–H groups in total. The lowest BCUT2D eigenvalue weighted by Gasteiger charge is -2.39. The van der Waals surface area contributed by atoms with Gasteiger partial charge in [0.2, 0.25) is 5.91 Å². The number of carbonyl (C=O) groups excluding carboxylic acids is 1. The highest BCUT2D eigenvalue weighted by molar-refractivity contribution is 9.10. The molecule has 4 nitrogen and oxygen atoms in total. The first-order chi connectivity index (χ1) is 10.5. The average molecular weight is 441 g/mol. The molecular formula is C17H28BrCl2N3O. The number of amides is 1. The summed E-state index contributed by atoms with van der Waals surface area (Å²) in [5.74, 6) is 0.186. The summed E-state index contributed by atoms with van der Waals surface area (Å²) in [6, 6.07) is 8.94. The van der Waals surface area contributed by atoms with Gasteiger partial charge in [-0.1, -0.05) is 35.0 Å². The van der Waals surface area contributed by atoms with E-state index in [1.807, 2.05) is 11.8 Å². The lowest BCUT2D eigenvalue weighted by Crippen LogP contribution is -2.50. The highest BCUT2D eigenvalue weighted by Gasteiger charge is 2.26. The molecule has 1 aliphatic heterocycles. The molecule has 24 heavy (non-hydrogen) atoms. The van der Waals surface area contributed by atoms with Crippen LogP contribution >= 0.6 is 40.7 Å². The molecule has 1 heterocycles. The Hall–Kier alpha value is -0.330. The van der Waals surface area contributed by atoms with E-state index in [0.717, 1.165) is 37.1 Å². The molecule has 1 fully saturated rings. The summed E-state index contributed by atoms with van der Waals surface area (Å²) in [5, 5.41) is 0. The maximum absolute atomic E-state index is 12.1. The van der Waals surface area contributed by atoms with Gasteiger partial charge in [0.05, 0.1) is 0 Å². The van der Waals surface area contributed by atoms with Crippen molar-refractivity contribution in [3.63, 3.8) is 0 Å². The van der Waals surface area contributed by atoms with Crippen LogP contribution in [0.25, 0.3) is 0 Å². The molecule has 2 atom stereocenters. The van der Waals surface area contributed by atoms with Gasteiger partial charge in [0.1, 0.15) is 0 Å².